The van der Waals surface area contributed by atoms with Gasteiger partial charge in [-0.2, -0.15) is 0 Å². The topological polar surface area (TPSA) is 94.5 Å². The number of hydrogen-bond donors (Lipinski definition) is 2. The zero-order chi connectivity index (χ0) is 19.6. The average molecular weight is 376 g/mol. The number of methoxy groups -OCH3 is 1. The van der Waals surface area contributed by atoms with E-state index in [0.717, 1.165) is 5.56 Å². The van der Waals surface area contributed by atoms with Crippen LogP contribution >= 0.6 is 0 Å². The molecule has 2 aromatic rings. The molecule has 146 valence electrons. The van der Waals surface area contributed by atoms with Crippen molar-refractivity contribution in [3.8, 4) is 11.5 Å². The van der Waals surface area contributed by atoms with Gasteiger partial charge in [0.2, 0.25) is 0 Å². The molecule has 0 fully saturated rings. The fraction of sp³-hybridized carbons (Fsp3) is 0.350. The third kappa shape index (κ3) is 5.96. The highest BCUT2D eigenvalue weighted by molar-refractivity contribution is 5.75. The standard InChI is InChI=1S/C20H24O7/c1-3-25-20(23)19(22)18(21)16-10-9-15(27-13-24-2)11-17(16)26-12-14-7-5-4-6-8-14/h4-11,18-19,21-22H,3,12-13H2,1-2H3/t18-,19+/m0/s1. The van der Waals surface area contributed by atoms with Gasteiger partial charge in [0.05, 0.1) is 6.61 Å². The summed E-state index contributed by atoms with van der Waals surface area (Å²) < 4.78 is 20.8. The smallest absolute Gasteiger partial charge is 0.338 e. The molecule has 0 heterocycles. The summed E-state index contributed by atoms with van der Waals surface area (Å²) in [6.07, 6.45) is -3.24. The van der Waals surface area contributed by atoms with Crippen LogP contribution in [0.15, 0.2) is 48.5 Å². The Morgan fingerprint density at radius 2 is 1.81 bits per heavy atom. The van der Waals surface area contributed by atoms with E-state index >= 15 is 0 Å². The number of rotatable bonds is 10. The van der Waals surface area contributed by atoms with Crippen molar-refractivity contribution in [1.82, 2.24) is 0 Å². The minimum atomic E-state index is -1.73. The molecule has 27 heavy (non-hydrogen) atoms. The largest absolute Gasteiger partial charge is 0.488 e. The van der Waals surface area contributed by atoms with E-state index in [-0.39, 0.29) is 31.3 Å². The van der Waals surface area contributed by atoms with Crippen molar-refractivity contribution >= 4 is 5.97 Å². The molecule has 0 saturated heterocycles. The highest BCUT2D eigenvalue weighted by Gasteiger charge is 2.29. The minimum absolute atomic E-state index is 0.0471. The Morgan fingerprint density at radius 1 is 1.07 bits per heavy atom. The van der Waals surface area contributed by atoms with Gasteiger partial charge >= 0.3 is 5.97 Å². The average Bonchev–Trinajstić information content (AvgIpc) is 2.70. The van der Waals surface area contributed by atoms with E-state index in [0.29, 0.717) is 5.75 Å². The summed E-state index contributed by atoms with van der Waals surface area (Å²) in [7, 11) is 1.50. The second-order valence-electron chi connectivity index (χ2n) is 5.67. The molecular formula is C20H24O7. The molecule has 0 radical (unpaired) electrons. The van der Waals surface area contributed by atoms with Crippen molar-refractivity contribution in [1.29, 1.82) is 0 Å². The maximum atomic E-state index is 11.7. The molecule has 0 unspecified atom stereocenters. The van der Waals surface area contributed by atoms with E-state index in [4.69, 9.17) is 18.9 Å². The third-order valence-corrected chi connectivity index (χ3v) is 3.71. The lowest BCUT2D eigenvalue weighted by atomic mass is 10.0. The maximum Gasteiger partial charge on any atom is 0.338 e. The summed E-state index contributed by atoms with van der Waals surface area (Å²) in [6, 6.07) is 14.1. The van der Waals surface area contributed by atoms with Crippen LogP contribution in [0.25, 0.3) is 0 Å². The van der Waals surface area contributed by atoms with Crippen LogP contribution in [0, 0.1) is 0 Å². The first-order chi connectivity index (χ1) is 13.1. The Morgan fingerprint density at radius 3 is 2.48 bits per heavy atom. The first-order valence-electron chi connectivity index (χ1n) is 8.52. The van der Waals surface area contributed by atoms with Crippen LogP contribution in [0.1, 0.15) is 24.2 Å². The van der Waals surface area contributed by atoms with E-state index in [9.17, 15) is 15.0 Å². The fourth-order valence-corrected chi connectivity index (χ4v) is 2.36. The predicted octanol–water partition coefficient (Wildman–Crippen LogP) is 2.21. The minimum Gasteiger partial charge on any atom is -0.488 e. The van der Waals surface area contributed by atoms with Crippen molar-refractivity contribution in [2.24, 2.45) is 0 Å². The molecule has 0 aliphatic carbocycles. The summed E-state index contributed by atoms with van der Waals surface area (Å²) in [5.74, 6) is -0.163. The van der Waals surface area contributed by atoms with Gasteiger partial charge in [0.25, 0.3) is 0 Å². The number of carbonyl (C=O) groups excluding carboxylic acids is 1. The van der Waals surface area contributed by atoms with E-state index < -0.39 is 18.2 Å². The molecule has 2 atom stereocenters. The highest BCUT2D eigenvalue weighted by atomic mass is 16.7. The molecule has 0 aliphatic heterocycles. The van der Waals surface area contributed by atoms with Gasteiger partial charge in [0.1, 0.15) is 24.2 Å². The second-order valence-corrected chi connectivity index (χ2v) is 5.67. The molecule has 7 nitrogen and oxygen atoms in total. The van der Waals surface area contributed by atoms with Gasteiger partial charge in [-0.15, -0.1) is 0 Å². The summed E-state index contributed by atoms with van der Waals surface area (Å²) in [6.45, 7) is 2.01. The van der Waals surface area contributed by atoms with Gasteiger partial charge < -0.3 is 29.2 Å². The summed E-state index contributed by atoms with van der Waals surface area (Å²) in [5, 5.41) is 20.5. The molecule has 2 N–H and O–H groups in total. The first kappa shape index (κ1) is 20.7. The van der Waals surface area contributed by atoms with Gasteiger partial charge in [-0.1, -0.05) is 30.3 Å². The molecule has 0 amide bonds. The summed E-state index contributed by atoms with van der Waals surface area (Å²) in [5.41, 5.74) is 1.17. The SMILES string of the molecule is CCOC(=O)[C@H](O)[C@@H](O)c1ccc(OCOC)cc1OCc1ccccc1. The quantitative estimate of drug-likeness (QED) is 0.485. The lowest BCUT2D eigenvalue weighted by molar-refractivity contribution is -0.159. The molecule has 0 spiro atoms. The lowest BCUT2D eigenvalue weighted by Gasteiger charge is -2.20. The van der Waals surface area contributed by atoms with E-state index in [1.165, 1.54) is 13.2 Å². The van der Waals surface area contributed by atoms with Crippen LogP contribution < -0.4 is 9.47 Å². The zero-order valence-corrected chi connectivity index (χ0v) is 15.3. The normalized spacial score (nSPS) is 12.9. The number of hydrogen-bond acceptors (Lipinski definition) is 7. The van der Waals surface area contributed by atoms with Gasteiger partial charge in [-0.25, -0.2) is 4.79 Å². The van der Waals surface area contributed by atoms with Crippen LogP contribution in [0.4, 0.5) is 0 Å². The van der Waals surface area contributed by atoms with Crippen molar-refractivity contribution in [3.63, 3.8) is 0 Å². The molecule has 0 aromatic heterocycles. The number of esters is 1. The molecular weight excluding hydrogens is 352 g/mol. The van der Waals surface area contributed by atoms with Crippen molar-refractivity contribution in [2.75, 3.05) is 20.5 Å². The van der Waals surface area contributed by atoms with Crippen molar-refractivity contribution < 1.29 is 34.0 Å². The monoisotopic (exact) mass is 376 g/mol. The summed E-state index contributed by atoms with van der Waals surface area (Å²) in [4.78, 5) is 11.7. The number of carbonyl (C=O) groups is 1. The van der Waals surface area contributed by atoms with Crippen LogP contribution in [-0.2, 0) is 20.9 Å². The molecule has 7 heteroatoms. The summed E-state index contributed by atoms with van der Waals surface area (Å²) >= 11 is 0. The Hall–Kier alpha value is -2.61. The number of aliphatic hydroxyl groups is 2. The number of ether oxygens (including phenoxy) is 4. The third-order valence-electron chi connectivity index (χ3n) is 3.71. The zero-order valence-electron chi connectivity index (χ0n) is 15.3. The van der Waals surface area contributed by atoms with Gasteiger partial charge in [0, 0.05) is 18.7 Å². The Labute approximate surface area is 158 Å². The molecule has 0 bridgehead atoms. The van der Waals surface area contributed by atoms with E-state index in [1.807, 2.05) is 30.3 Å². The van der Waals surface area contributed by atoms with Crippen LogP contribution in [0.5, 0.6) is 11.5 Å². The predicted molar refractivity (Wildman–Crippen MR) is 97.3 cm³/mol. The van der Waals surface area contributed by atoms with E-state index in [1.54, 1.807) is 19.1 Å². The fourth-order valence-electron chi connectivity index (χ4n) is 2.36. The van der Waals surface area contributed by atoms with E-state index in [2.05, 4.69) is 0 Å². The number of aliphatic hydroxyl groups excluding tert-OH is 2. The second kappa shape index (κ2) is 10.5. The van der Waals surface area contributed by atoms with Gasteiger partial charge in [0.15, 0.2) is 12.9 Å². The first-order valence-corrected chi connectivity index (χ1v) is 8.52. The van der Waals surface area contributed by atoms with Gasteiger partial charge in [-0.05, 0) is 24.6 Å². The van der Waals surface area contributed by atoms with Crippen LogP contribution in [0.2, 0.25) is 0 Å². The maximum absolute atomic E-state index is 11.7. The Kier molecular flexibility index (Phi) is 8.06. The number of benzene rings is 2. The van der Waals surface area contributed by atoms with Gasteiger partial charge in [-0.3, -0.25) is 0 Å². The molecule has 2 rings (SSSR count). The lowest BCUT2D eigenvalue weighted by Crippen LogP contribution is -2.30. The van der Waals surface area contributed by atoms with Crippen molar-refractivity contribution in [2.45, 2.75) is 25.7 Å². The van der Waals surface area contributed by atoms with Crippen molar-refractivity contribution in [3.05, 3.63) is 59.7 Å². The molecule has 0 aliphatic rings. The highest BCUT2D eigenvalue weighted by Crippen LogP contribution is 2.32. The van der Waals surface area contributed by atoms with Crippen LogP contribution in [0.3, 0.4) is 0 Å². The Balaban J connectivity index is 2.24. The molecule has 0 saturated carbocycles. The van der Waals surface area contributed by atoms with Crippen LogP contribution in [-0.4, -0.2) is 42.8 Å². The Bertz CT molecular complexity index is 718. The molecule has 2 aromatic carbocycles.